The molecule has 2 aromatic carbocycles. The van der Waals surface area contributed by atoms with Crippen LogP contribution in [0.4, 0.5) is 5.00 Å². The summed E-state index contributed by atoms with van der Waals surface area (Å²) in [5.74, 6) is 0. The van der Waals surface area contributed by atoms with Crippen LogP contribution < -0.4 is 5.73 Å². The molecule has 1 aromatic heterocycles. The molecule has 0 fully saturated rings. The number of rotatable bonds is 2. The predicted molar refractivity (Wildman–Crippen MR) is 86.9 cm³/mol. The number of nitrogens with zero attached hydrogens (tertiary/aromatic N) is 1. The zero-order valence-electron chi connectivity index (χ0n) is 11.6. The van der Waals surface area contributed by atoms with E-state index in [1.807, 2.05) is 18.2 Å². The second kappa shape index (κ2) is 5.10. The number of benzene rings is 2. The maximum absolute atomic E-state index is 6.20. The number of hydrogen-bond donors (Lipinski definition) is 1. The van der Waals surface area contributed by atoms with Gasteiger partial charge in [0, 0.05) is 11.1 Å². The molecule has 0 unspecified atom stereocenters. The van der Waals surface area contributed by atoms with Crippen LogP contribution in [0, 0.1) is 13.8 Å². The molecule has 0 aliphatic rings. The topological polar surface area (TPSA) is 38.9 Å². The lowest BCUT2D eigenvalue weighted by molar-refractivity contribution is 1.32. The standard InChI is InChI=1S/C17H16N2S/c1-11-7-6-8-12(2)14(11)15-16(18)20-17(19-15)13-9-4-3-5-10-13/h3-10H,18H2,1-2H3. The van der Waals surface area contributed by atoms with Crippen molar-refractivity contribution in [2.75, 3.05) is 5.73 Å². The van der Waals surface area contributed by atoms with Gasteiger partial charge in [0.1, 0.15) is 15.7 Å². The Morgan fingerprint density at radius 2 is 1.55 bits per heavy atom. The number of hydrogen-bond acceptors (Lipinski definition) is 3. The average molecular weight is 280 g/mol. The summed E-state index contributed by atoms with van der Waals surface area (Å²) in [5, 5.41) is 1.75. The summed E-state index contributed by atoms with van der Waals surface area (Å²) in [6.45, 7) is 4.20. The van der Waals surface area contributed by atoms with Gasteiger partial charge in [0.25, 0.3) is 0 Å². The molecule has 3 heteroatoms. The fourth-order valence-electron chi connectivity index (χ4n) is 2.40. The zero-order valence-corrected chi connectivity index (χ0v) is 12.4. The van der Waals surface area contributed by atoms with Crippen molar-refractivity contribution in [1.29, 1.82) is 0 Å². The van der Waals surface area contributed by atoms with Crippen LogP contribution in [0.1, 0.15) is 11.1 Å². The molecule has 0 bridgehead atoms. The molecular weight excluding hydrogens is 264 g/mol. The van der Waals surface area contributed by atoms with E-state index in [9.17, 15) is 0 Å². The molecule has 0 radical (unpaired) electrons. The molecule has 0 atom stereocenters. The Morgan fingerprint density at radius 3 is 2.20 bits per heavy atom. The molecule has 3 rings (SSSR count). The van der Waals surface area contributed by atoms with Crippen molar-refractivity contribution in [2.24, 2.45) is 0 Å². The van der Waals surface area contributed by atoms with Crippen molar-refractivity contribution in [1.82, 2.24) is 4.98 Å². The van der Waals surface area contributed by atoms with Crippen molar-refractivity contribution in [3.05, 3.63) is 59.7 Å². The van der Waals surface area contributed by atoms with E-state index in [2.05, 4.69) is 44.2 Å². The lowest BCUT2D eigenvalue weighted by Gasteiger charge is -2.07. The molecule has 1 heterocycles. The van der Waals surface area contributed by atoms with Gasteiger partial charge < -0.3 is 5.73 Å². The minimum atomic E-state index is 0.779. The van der Waals surface area contributed by atoms with Gasteiger partial charge in [0.15, 0.2) is 0 Å². The van der Waals surface area contributed by atoms with Gasteiger partial charge >= 0.3 is 0 Å². The maximum Gasteiger partial charge on any atom is 0.126 e. The van der Waals surface area contributed by atoms with Crippen LogP contribution >= 0.6 is 11.3 Å². The van der Waals surface area contributed by atoms with Crippen molar-refractivity contribution in [3.8, 4) is 21.8 Å². The summed E-state index contributed by atoms with van der Waals surface area (Å²) in [6, 6.07) is 16.4. The smallest absolute Gasteiger partial charge is 0.126 e. The van der Waals surface area contributed by atoms with Crippen LogP contribution in [0.15, 0.2) is 48.5 Å². The van der Waals surface area contributed by atoms with Crippen LogP contribution in [-0.2, 0) is 0 Å². The second-order valence-corrected chi connectivity index (χ2v) is 5.90. The fourth-order valence-corrected chi connectivity index (χ4v) is 3.25. The molecule has 3 aromatic rings. The highest BCUT2D eigenvalue weighted by molar-refractivity contribution is 7.19. The van der Waals surface area contributed by atoms with Gasteiger partial charge in [-0.1, -0.05) is 59.9 Å². The molecule has 2 nitrogen and oxygen atoms in total. The lowest BCUT2D eigenvalue weighted by Crippen LogP contribution is -1.92. The monoisotopic (exact) mass is 280 g/mol. The quantitative estimate of drug-likeness (QED) is 0.740. The van der Waals surface area contributed by atoms with Crippen molar-refractivity contribution in [3.63, 3.8) is 0 Å². The highest BCUT2D eigenvalue weighted by atomic mass is 32.1. The molecular formula is C17H16N2S. The van der Waals surface area contributed by atoms with Gasteiger partial charge in [-0.2, -0.15) is 0 Å². The first-order valence-electron chi connectivity index (χ1n) is 6.55. The molecule has 0 spiro atoms. The lowest BCUT2D eigenvalue weighted by atomic mass is 10.0. The maximum atomic E-state index is 6.20. The molecule has 0 saturated heterocycles. The molecule has 2 N–H and O–H groups in total. The summed E-state index contributed by atoms with van der Waals surface area (Å²) in [7, 11) is 0. The molecule has 0 saturated carbocycles. The zero-order chi connectivity index (χ0) is 14.1. The summed E-state index contributed by atoms with van der Waals surface area (Å²) in [5.41, 5.74) is 11.8. The Kier molecular flexibility index (Phi) is 3.28. The third-order valence-corrected chi connectivity index (χ3v) is 4.33. The van der Waals surface area contributed by atoms with Crippen LogP contribution in [-0.4, -0.2) is 4.98 Å². The third kappa shape index (κ3) is 2.21. The van der Waals surface area contributed by atoms with Crippen molar-refractivity contribution in [2.45, 2.75) is 13.8 Å². The van der Waals surface area contributed by atoms with E-state index in [0.29, 0.717) is 0 Å². The normalized spacial score (nSPS) is 10.7. The van der Waals surface area contributed by atoms with Gasteiger partial charge in [0.05, 0.1) is 0 Å². The molecule has 0 aliphatic carbocycles. The van der Waals surface area contributed by atoms with E-state index >= 15 is 0 Å². The van der Waals surface area contributed by atoms with E-state index in [0.717, 1.165) is 26.8 Å². The van der Waals surface area contributed by atoms with Gasteiger partial charge in [-0.15, -0.1) is 0 Å². The van der Waals surface area contributed by atoms with Gasteiger partial charge in [-0.3, -0.25) is 0 Å². The van der Waals surface area contributed by atoms with Gasteiger partial charge in [0.2, 0.25) is 0 Å². The minimum absolute atomic E-state index is 0.779. The largest absolute Gasteiger partial charge is 0.389 e. The highest BCUT2D eigenvalue weighted by Crippen LogP contribution is 2.38. The SMILES string of the molecule is Cc1cccc(C)c1-c1nc(-c2ccccc2)sc1N. The summed E-state index contributed by atoms with van der Waals surface area (Å²) in [4.78, 5) is 4.77. The van der Waals surface area contributed by atoms with Crippen molar-refractivity contribution < 1.29 is 0 Å². The summed E-state index contributed by atoms with van der Waals surface area (Å²) >= 11 is 1.55. The Hall–Kier alpha value is -2.13. The molecule has 0 aliphatic heterocycles. The number of anilines is 1. The van der Waals surface area contributed by atoms with Crippen LogP contribution in [0.25, 0.3) is 21.8 Å². The highest BCUT2D eigenvalue weighted by Gasteiger charge is 2.15. The number of aromatic nitrogens is 1. The van der Waals surface area contributed by atoms with E-state index < -0.39 is 0 Å². The summed E-state index contributed by atoms with van der Waals surface area (Å²) < 4.78 is 0. The predicted octanol–water partition coefficient (Wildman–Crippen LogP) is 4.68. The van der Waals surface area contributed by atoms with E-state index in [1.54, 1.807) is 11.3 Å². The second-order valence-electron chi connectivity index (χ2n) is 4.86. The van der Waals surface area contributed by atoms with E-state index in [4.69, 9.17) is 10.7 Å². The van der Waals surface area contributed by atoms with Gasteiger partial charge in [-0.25, -0.2) is 4.98 Å². The Bertz CT molecular complexity index is 725. The summed E-state index contributed by atoms with van der Waals surface area (Å²) in [6.07, 6.45) is 0. The van der Waals surface area contributed by atoms with Gasteiger partial charge in [-0.05, 0) is 25.0 Å². The van der Waals surface area contributed by atoms with E-state index in [-0.39, 0.29) is 0 Å². The number of thiazole rings is 1. The number of nitrogen functional groups attached to an aromatic ring is 1. The fraction of sp³-hybridized carbons (Fsp3) is 0.118. The van der Waals surface area contributed by atoms with Crippen LogP contribution in [0.5, 0.6) is 0 Å². The Balaban J connectivity index is 2.15. The third-order valence-electron chi connectivity index (χ3n) is 3.39. The number of nitrogens with two attached hydrogens (primary N) is 1. The first-order valence-corrected chi connectivity index (χ1v) is 7.37. The van der Waals surface area contributed by atoms with E-state index in [1.165, 1.54) is 11.1 Å². The Labute approximate surface area is 122 Å². The Morgan fingerprint density at radius 1 is 0.900 bits per heavy atom. The average Bonchev–Trinajstić information content (AvgIpc) is 2.82. The molecule has 100 valence electrons. The van der Waals surface area contributed by atoms with Crippen LogP contribution in [0.2, 0.25) is 0 Å². The minimum Gasteiger partial charge on any atom is -0.389 e. The first-order chi connectivity index (χ1) is 9.66. The molecule has 20 heavy (non-hydrogen) atoms. The van der Waals surface area contributed by atoms with Crippen LogP contribution in [0.3, 0.4) is 0 Å². The number of aryl methyl sites for hydroxylation is 2. The van der Waals surface area contributed by atoms with Crippen molar-refractivity contribution >= 4 is 16.3 Å². The first kappa shape index (κ1) is 12.9. The molecule has 0 amide bonds.